The SMILES string of the molecule is CC(C)(C)N1CCN(S(=O)(=O)c2cc(Cl)ccc2N)CC1. The van der Waals surface area contributed by atoms with Gasteiger partial charge in [0.2, 0.25) is 10.0 Å². The maximum Gasteiger partial charge on any atom is 0.245 e. The van der Waals surface area contributed by atoms with Gasteiger partial charge in [0.15, 0.2) is 0 Å². The summed E-state index contributed by atoms with van der Waals surface area (Å²) in [6.07, 6.45) is 0. The molecule has 1 aliphatic rings. The summed E-state index contributed by atoms with van der Waals surface area (Å²) in [6, 6.07) is 4.54. The van der Waals surface area contributed by atoms with Crippen molar-refractivity contribution in [2.24, 2.45) is 0 Å². The Bertz CT molecular complexity index is 618. The molecule has 1 heterocycles. The van der Waals surface area contributed by atoms with E-state index in [0.29, 0.717) is 31.2 Å². The van der Waals surface area contributed by atoms with Crippen LogP contribution in [-0.2, 0) is 10.0 Å². The van der Waals surface area contributed by atoms with Crippen LogP contribution in [-0.4, -0.2) is 49.3 Å². The third-order valence-corrected chi connectivity index (χ3v) is 5.97. The van der Waals surface area contributed by atoms with E-state index in [9.17, 15) is 8.42 Å². The fourth-order valence-electron chi connectivity index (χ4n) is 2.47. The van der Waals surface area contributed by atoms with Crippen LogP contribution in [0, 0.1) is 0 Å². The molecule has 1 aromatic rings. The molecule has 0 radical (unpaired) electrons. The molecule has 0 amide bonds. The molecule has 2 N–H and O–H groups in total. The number of benzene rings is 1. The second-order valence-corrected chi connectivity index (χ2v) is 8.59. The van der Waals surface area contributed by atoms with E-state index in [4.69, 9.17) is 17.3 Å². The van der Waals surface area contributed by atoms with Gasteiger partial charge in [0.05, 0.1) is 5.69 Å². The lowest BCUT2D eigenvalue weighted by Gasteiger charge is -2.41. The highest BCUT2D eigenvalue weighted by molar-refractivity contribution is 7.89. The Morgan fingerprint density at radius 3 is 2.24 bits per heavy atom. The maximum atomic E-state index is 12.7. The minimum Gasteiger partial charge on any atom is -0.398 e. The van der Waals surface area contributed by atoms with Gasteiger partial charge in [0.25, 0.3) is 0 Å². The van der Waals surface area contributed by atoms with Crippen LogP contribution in [0.5, 0.6) is 0 Å². The molecule has 0 aliphatic carbocycles. The van der Waals surface area contributed by atoms with E-state index >= 15 is 0 Å². The van der Waals surface area contributed by atoms with Gasteiger partial charge >= 0.3 is 0 Å². The molecule has 0 saturated carbocycles. The highest BCUT2D eigenvalue weighted by atomic mass is 35.5. The van der Waals surface area contributed by atoms with Crippen LogP contribution in [0.3, 0.4) is 0 Å². The third-order valence-electron chi connectivity index (χ3n) is 3.78. The van der Waals surface area contributed by atoms with Crippen molar-refractivity contribution >= 4 is 27.3 Å². The van der Waals surface area contributed by atoms with Crippen molar-refractivity contribution in [3.8, 4) is 0 Å². The smallest absolute Gasteiger partial charge is 0.245 e. The van der Waals surface area contributed by atoms with E-state index in [2.05, 4.69) is 25.7 Å². The molecule has 118 valence electrons. The molecule has 1 aromatic carbocycles. The molecular formula is C14H22ClN3O2S. The lowest BCUT2D eigenvalue weighted by atomic mass is 10.1. The fraction of sp³-hybridized carbons (Fsp3) is 0.571. The monoisotopic (exact) mass is 331 g/mol. The average molecular weight is 332 g/mol. The molecule has 5 nitrogen and oxygen atoms in total. The second kappa shape index (κ2) is 5.76. The Labute approximate surface area is 131 Å². The summed E-state index contributed by atoms with van der Waals surface area (Å²) in [7, 11) is -3.59. The van der Waals surface area contributed by atoms with Crippen molar-refractivity contribution in [2.45, 2.75) is 31.2 Å². The minimum atomic E-state index is -3.59. The van der Waals surface area contributed by atoms with Gasteiger partial charge in [-0.15, -0.1) is 0 Å². The Morgan fingerprint density at radius 2 is 1.71 bits per heavy atom. The van der Waals surface area contributed by atoms with Crippen LogP contribution in [0.1, 0.15) is 20.8 Å². The number of hydrogen-bond acceptors (Lipinski definition) is 4. The van der Waals surface area contributed by atoms with E-state index in [1.807, 2.05) is 0 Å². The molecule has 2 rings (SSSR count). The van der Waals surface area contributed by atoms with Gasteiger partial charge in [-0.3, -0.25) is 4.90 Å². The standard InChI is InChI=1S/C14H22ClN3O2S/c1-14(2,3)17-6-8-18(9-7-17)21(19,20)13-10-11(15)4-5-12(13)16/h4-5,10H,6-9,16H2,1-3H3. The summed E-state index contributed by atoms with van der Waals surface area (Å²) in [6.45, 7) is 8.74. The van der Waals surface area contributed by atoms with E-state index in [0.717, 1.165) is 0 Å². The molecule has 0 atom stereocenters. The predicted molar refractivity (Wildman–Crippen MR) is 85.9 cm³/mol. The Kier molecular flexibility index (Phi) is 4.54. The van der Waals surface area contributed by atoms with Crippen molar-refractivity contribution in [3.63, 3.8) is 0 Å². The van der Waals surface area contributed by atoms with Crippen LogP contribution in [0.15, 0.2) is 23.1 Å². The number of nitrogens with zero attached hydrogens (tertiary/aromatic N) is 2. The molecule has 0 unspecified atom stereocenters. The fourth-order valence-corrected chi connectivity index (χ4v) is 4.27. The quantitative estimate of drug-likeness (QED) is 0.842. The summed E-state index contributed by atoms with van der Waals surface area (Å²) in [5, 5.41) is 0.371. The zero-order valence-corrected chi connectivity index (χ0v) is 14.2. The number of nitrogen functional groups attached to an aromatic ring is 1. The number of halogens is 1. The number of sulfonamides is 1. The summed E-state index contributed by atoms with van der Waals surface area (Å²) in [5.74, 6) is 0. The lowest BCUT2D eigenvalue weighted by Crippen LogP contribution is -2.54. The number of rotatable bonds is 2. The van der Waals surface area contributed by atoms with Gasteiger partial charge in [-0.05, 0) is 39.0 Å². The third kappa shape index (κ3) is 3.51. The number of hydrogen-bond donors (Lipinski definition) is 1. The van der Waals surface area contributed by atoms with E-state index in [-0.39, 0.29) is 16.1 Å². The number of piperazine rings is 1. The van der Waals surface area contributed by atoms with Crippen LogP contribution in [0.4, 0.5) is 5.69 Å². The van der Waals surface area contributed by atoms with Crippen LogP contribution in [0.25, 0.3) is 0 Å². The largest absolute Gasteiger partial charge is 0.398 e. The average Bonchev–Trinajstić information content (AvgIpc) is 2.40. The molecule has 1 fully saturated rings. The first kappa shape index (κ1) is 16.5. The van der Waals surface area contributed by atoms with Crippen molar-refractivity contribution in [2.75, 3.05) is 31.9 Å². The lowest BCUT2D eigenvalue weighted by molar-refractivity contribution is 0.0922. The van der Waals surface area contributed by atoms with E-state index in [1.165, 1.54) is 16.4 Å². The minimum absolute atomic E-state index is 0.0466. The van der Waals surface area contributed by atoms with Crippen LogP contribution < -0.4 is 5.73 Å². The van der Waals surface area contributed by atoms with Crippen LogP contribution >= 0.6 is 11.6 Å². The summed E-state index contributed by atoms with van der Waals surface area (Å²) >= 11 is 5.90. The Balaban J connectivity index is 2.21. The normalized spacial score (nSPS) is 18.9. The molecule has 0 bridgehead atoms. The molecule has 0 spiro atoms. The zero-order valence-electron chi connectivity index (χ0n) is 12.6. The first-order chi connectivity index (χ1) is 9.62. The number of nitrogens with two attached hydrogens (primary N) is 1. The van der Waals surface area contributed by atoms with Gasteiger partial charge in [-0.2, -0.15) is 4.31 Å². The van der Waals surface area contributed by atoms with Crippen molar-refractivity contribution in [1.82, 2.24) is 9.21 Å². The van der Waals surface area contributed by atoms with Gasteiger partial charge < -0.3 is 5.73 Å². The summed E-state index contributed by atoms with van der Waals surface area (Å²) < 4.78 is 26.9. The van der Waals surface area contributed by atoms with Crippen molar-refractivity contribution in [3.05, 3.63) is 23.2 Å². The molecule has 21 heavy (non-hydrogen) atoms. The second-order valence-electron chi connectivity index (χ2n) is 6.24. The van der Waals surface area contributed by atoms with Crippen molar-refractivity contribution in [1.29, 1.82) is 0 Å². The summed E-state index contributed by atoms with van der Waals surface area (Å²) in [5.41, 5.74) is 6.08. The number of anilines is 1. The Morgan fingerprint density at radius 1 is 1.14 bits per heavy atom. The van der Waals surface area contributed by atoms with Gasteiger partial charge in [0.1, 0.15) is 4.90 Å². The first-order valence-corrected chi connectivity index (χ1v) is 8.74. The van der Waals surface area contributed by atoms with E-state index in [1.54, 1.807) is 6.07 Å². The van der Waals surface area contributed by atoms with Gasteiger partial charge in [-0.1, -0.05) is 11.6 Å². The molecule has 7 heteroatoms. The Hall–Kier alpha value is -0.820. The summed E-state index contributed by atoms with van der Waals surface area (Å²) in [4.78, 5) is 2.37. The first-order valence-electron chi connectivity index (χ1n) is 6.92. The maximum absolute atomic E-state index is 12.7. The molecule has 1 saturated heterocycles. The van der Waals surface area contributed by atoms with Crippen molar-refractivity contribution < 1.29 is 8.42 Å². The van der Waals surface area contributed by atoms with Crippen LogP contribution in [0.2, 0.25) is 5.02 Å². The topological polar surface area (TPSA) is 66.6 Å². The van der Waals surface area contributed by atoms with E-state index < -0.39 is 10.0 Å². The molecule has 1 aliphatic heterocycles. The predicted octanol–water partition coefficient (Wildman–Crippen LogP) is 2.03. The highest BCUT2D eigenvalue weighted by Gasteiger charge is 2.33. The molecule has 0 aromatic heterocycles. The van der Waals surface area contributed by atoms with Gasteiger partial charge in [0, 0.05) is 36.7 Å². The van der Waals surface area contributed by atoms with Gasteiger partial charge in [-0.25, -0.2) is 8.42 Å². The molecular weight excluding hydrogens is 310 g/mol. The highest BCUT2D eigenvalue weighted by Crippen LogP contribution is 2.27. The zero-order chi connectivity index (χ0) is 15.8.